The summed E-state index contributed by atoms with van der Waals surface area (Å²) in [7, 11) is 1.65. The molecule has 1 aliphatic carbocycles. The highest BCUT2D eigenvalue weighted by atomic mass is 16.5. The Balaban J connectivity index is 2.25. The molecule has 90 valence electrons. The van der Waals surface area contributed by atoms with Crippen molar-refractivity contribution in [2.75, 3.05) is 7.11 Å². The van der Waals surface area contributed by atoms with Gasteiger partial charge in [0, 0.05) is 5.56 Å². The molecule has 0 heterocycles. The number of Topliss-reactive ketones (excluding diaryl/α,β-unsaturated/α-hetero) is 1. The Hall–Kier alpha value is -1.57. The molecule has 0 bridgehead atoms. The van der Waals surface area contributed by atoms with E-state index in [1.807, 2.05) is 25.1 Å². The van der Waals surface area contributed by atoms with E-state index in [4.69, 9.17) is 4.74 Å². The van der Waals surface area contributed by atoms with Gasteiger partial charge >= 0.3 is 0 Å². The first kappa shape index (κ1) is 11.9. The van der Waals surface area contributed by atoms with Crippen LogP contribution >= 0.6 is 0 Å². The molecule has 0 atom stereocenters. The van der Waals surface area contributed by atoms with Gasteiger partial charge in [-0.25, -0.2) is 0 Å². The van der Waals surface area contributed by atoms with Gasteiger partial charge in [-0.05, 0) is 61.9 Å². The van der Waals surface area contributed by atoms with Crippen LogP contribution in [0.4, 0.5) is 0 Å². The maximum Gasteiger partial charge on any atom is 0.188 e. The molecule has 2 heteroatoms. The van der Waals surface area contributed by atoms with Crippen LogP contribution in [0.3, 0.4) is 0 Å². The summed E-state index contributed by atoms with van der Waals surface area (Å²) in [5.74, 6) is 1.01. The molecular weight excluding hydrogens is 212 g/mol. The second-order valence-electron chi connectivity index (χ2n) is 4.49. The second kappa shape index (κ2) is 5.17. The van der Waals surface area contributed by atoms with Crippen molar-refractivity contribution in [2.45, 2.75) is 32.6 Å². The van der Waals surface area contributed by atoms with Crippen LogP contribution in [0.1, 0.15) is 41.6 Å². The molecule has 0 spiro atoms. The molecule has 0 aromatic heterocycles. The Morgan fingerprint density at radius 1 is 1.29 bits per heavy atom. The van der Waals surface area contributed by atoms with E-state index in [-0.39, 0.29) is 5.78 Å². The highest BCUT2D eigenvalue weighted by Crippen LogP contribution is 2.24. The van der Waals surface area contributed by atoms with Crippen molar-refractivity contribution in [1.82, 2.24) is 0 Å². The van der Waals surface area contributed by atoms with Crippen LogP contribution in [0.5, 0.6) is 5.75 Å². The van der Waals surface area contributed by atoms with Gasteiger partial charge in [0.1, 0.15) is 5.75 Å². The molecule has 17 heavy (non-hydrogen) atoms. The predicted molar refractivity (Wildman–Crippen MR) is 68.6 cm³/mol. The molecule has 2 nitrogen and oxygen atoms in total. The lowest BCUT2D eigenvalue weighted by Crippen LogP contribution is -2.06. The van der Waals surface area contributed by atoms with Gasteiger partial charge in [-0.2, -0.15) is 0 Å². The Morgan fingerprint density at radius 3 is 2.71 bits per heavy atom. The van der Waals surface area contributed by atoms with E-state index in [1.165, 1.54) is 6.42 Å². The highest BCUT2D eigenvalue weighted by molar-refractivity contribution is 6.08. The number of carbonyl (C=O) groups is 1. The fourth-order valence-corrected chi connectivity index (χ4v) is 2.25. The van der Waals surface area contributed by atoms with Crippen LogP contribution in [-0.4, -0.2) is 12.9 Å². The summed E-state index contributed by atoms with van der Waals surface area (Å²) in [6.07, 6.45) is 6.39. The van der Waals surface area contributed by atoms with Gasteiger partial charge in [0.2, 0.25) is 0 Å². The lowest BCUT2D eigenvalue weighted by atomic mass is 9.92. The fraction of sp³-hybridized carbons (Fsp3) is 0.400. The Bertz CT molecular complexity index is 458. The molecule has 0 fully saturated rings. The van der Waals surface area contributed by atoms with Crippen molar-refractivity contribution in [3.63, 3.8) is 0 Å². The van der Waals surface area contributed by atoms with Crippen molar-refractivity contribution in [3.05, 3.63) is 41.0 Å². The predicted octanol–water partition coefficient (Wildman–Crippen LogP) is 3.69. The molecule has 0 unspecified atom stereocenters. The van der Waals surface area contributed by atoms with Crippen molar-refractivity contribution < 1.29 is 9.53 Å². The first-order chi connectivity index (χ1) is 8.22. The van der Waals surface area contributed by atoms with Gasteiger partial charge in [-0.3, -0.25) is 4.79 Å². The number of rotatable bonds is 3. The van der Waals surface area contributed by atoms with Gasteiger partial charge in [0.05, 0.1) is 7.11 Å². The minimum Gasteiger partial charge on any atom is -0.496 e. The Labute approximate surface area is 102 Å². The van der Waals surface area contributed by atoms with Gasteiger partial charge < -0.3 is 4.74 Å². The summed E-state index contributed by atoms with van der Waals surface area (Å²) in [5.41, 5.74) is 2.76. The van der Waals surface area contributed by atoms with E-state index in [0.29, 0.717) is 0 Å². The topological polar surface area (TPSA) is 26.3 Å². The number of carbonyl (C=O) groups excluding carboxylic acids is 1. The largest absolute Gasteiger partial charge is 0.496 e. The minimum atomic E-state index is 0.176. The summed E-state index contributed by atoms with van der Waals surface area (Å²) in [5, 5.41) is 0. The summed E-state index contributed by atoms with van der Waals surface area (Å²) >= 11 is 0. The molecule has 0 N–H and O–H groups in total. The van der Waals surface area contributed by atoms with Gasteiger partial charge in [-0.15, -0.1) is 0 Å². The van der Waals surface area contributed by atoms with Gasteiger partial charge in [0.25, 0.3) is 0 Å². The quantitative estimate of drug-likeness (QED) is 0.740. The standard InChI is InChI=1S/C15H18O2/c1-11-10-13(8-9-14(11)17-2)15(16)12-6-4-3-5-7-12/h6,8-10H,3-5,7H2,1-2H3. The first-order valence-electron chi connectivity index (χ1n) is 6.11. The monoisotopic (exact) mass is 230 g/mol. The SMILES string of the molecule is COc1ccc(C(=O)C2=CCCCC2)cc1C. The van der Waals surface area contributed by atoms with E-state index in [0.717, 1.165) is 41.7 Å². The van der Waals surface area contributed by atoms with Crippen LogP contribution in [-0.2, 0) is 0 Å². The van der Waals surface area contributed by atoms with E-state index in [2.05, 4.69) is 6.08 Å². The van der Waals surface area contributed by atoms with Gasteiger partial charge in [-0.1, -0.05) is 6.08 Å². The normalized spacial score (nSPS) is 15.3. The fourth-order valence-electron chi connectivity index (χ4n) is 2.25. The van der Waals surface area contributed by atoms with E-state index in [1.54, 1.807) is 7.11 Å². The van der Waals surface area contributed by atoms with E-state index in [9.17, 15) is 4.79 Å². The zero-order valence-corrected chi connectivity index (χ0v) is 10.5. The molecular formula is C15H18O2. The highest BCUT2D eigenvalue weighted by Gasteiger charge is 2.15. The number of allylic oxidation sites excluding steroid dienone is 2. The first-order valence-corrected chi connectivity index (χ1v) is 6.11. The Morgan fingerprint density at radius 2 is 2.12 bits per heavy atom. The van der Waals surface area contributed by atoms with Crippen molar-refractivity contribution in [3.8, 4) is 5.75 Å². The summed E-state index contributed by atoms with van der Waals surface area (Å²) in [6, 6.07) is 5.63. The molecule has 0 aliphatic heterocycles. The summed E-state index contributed by atoms with van der Waals surface area (Å²) in [6.45, 7) is 1.96. The smallest absolute Gasteiger partial charge is 0.188 e. The average molecular weight is 230 g/mol. The van der Waals surface area contributed by atoms with Crippen LogP contribution < -0.4 is 4.74 Å². The van der Waals surface area contributed by atoms with Crippen LogP contribution in [0.25, 0.3) is 0 Å². The third-order valence-electron chi connectivity index (χ3n) is 3.24. The molecule has 1 aromatic rings. The molecule has 0 radical (unpaired) electrons. The van der Waals surface area contributed by atoms with E-state index >= 15 is 0 Å². The molecule has 0 saturated heterocycles. The van der Waals surface area contributed by atoms with Crippen molar-refractivity contribution in [2.24, 2.45) is 0 Å². The van der Waals surface area contributed by atoms with E-state index < -0.39 is 0 Å². The lowest BCUT2D eigenvalue weighted by Gasteiger charge is -2.12. The maximum absolute atomic E-state index is 12.2. The number of aryl methyl sites for hydroxylation is 1. The zero-order chi connectivity index (χ0) is 12.3. The number of hydrogen-bond acceptors (Lipinski definition) is 2. The number of hydrogen-bond donors (Lipinski definition) is 0. The number of benzene rings is 1. The van der Waals surface area contributed by atoms with Crippen LogP contribution in [0.15, 0.2) is 29.8 Å². The summed E-state index contributed by atoms with van der Waals surface area (Å²) < 4.78 is 5.20. The number of methoxy groups -OCH3 is 1. The second-order valence-corrected chi connectivity index (χ2v) is 4.49. The third-order valence-corrected chi connectivity index (χ3v) is 3.24. The molecule has 0 saturated carbocycles. The average Bonchev–Trinajstić information content (AvgIpc) is 2.39. The van der Waals surface area contributed by atoms with Gasteiger partial charge in [0.15, 0.2) is 5.78 Å². The molecule has 2 rings (SSSR count). The molecule has 1 aliphatic rings. The Kier molecular flexibility index (Phi) is 3.62. The zero-order valence-electron chi connectivity index (χ0n) is 10.5. The number of ketones is 1. The summed E-state index contributed by atoms with van der Waals surface area (Å²) in [4.78, 5) is 12.2. The maximum atomic E-state index is 12.2. The molecule has 1 aromatic carbocycles. The minimum absolute atomic E-state index is 0.176. The number of ether oxygens (including phenoxy) is 1. The van der Waals surface area contributed by atoms with Crippen LogP contribution in [0.2, 0.25) is 0 Å². The molecule has 0 amide bonds. The third kappa shape index (κ3) is 2.57. The van der Waals surface area contributed by atoms with Crippen molar-refractivity contribution >= 4 is 5.78 Å². The van der Waals surface area contributed by atoms with Crippen molar-refractivity contribution in [1.29, 1.82) is 0 Å². The lowest BCUT2D eigenvalue weighted by molar-refractivity contribution is 0.102. The van der Waals surface area contributed by atoms with Crippen LogP contribution in [0, 0.1) is 6.92 Å².